The lowest BCUT2D eigenvalue weighted by Crippen LogP contribution is -2.51. The first-order chi connectivity index (χ1) is 16.4. The van der Waals surface area contributed by atoms with Gasteiger partial charge in [0.25, 0.3) is 5.91 Å². The van der Waals surface area contributed by atoms with Gasteiger partial charge in [-0.3, -0.25) is 9.59 Å². The zero-order valence-corrected chi connectivity index (χ0v) is 20.8. The Balaban J connectivity index is 1.93. The molecule has 5 nitrogen and oxygen atoms in total. The third-order valence-corrected chi connectivity index (χ3v) is 6.10. The van der Waals surface area contributed by atoms with E-state index in [2.05, 4.69) is 5.32 Å². The van der Waals surface area contributed by atoms with Crippen molar-refractivity contribution in [3.63, 3.8) is 0 Å². The van der Waals surface area contributed by atoms with Gasteiger partial charge in [-0.25, -0.2) is 0 Å². The quantitative estimate of drug-likeness (QED) is 0.403. The first-order valence-electron chi connectivity index (χ1n) is 11.1. The van der Waals surface area contributed by atoms with Gasteiger partial charge in [0.05, 0.1) is 0 Å². The Morgan fingerprint density at radius 1 is 0.941 bits per heavy atom. The molecule has 0 aliphatic rings. The van der Waals surface area contributed by atoms with Crippen LogP contribution in [0.15, 0.2) is 72.8 Å². The van der Waals surface area contributed by atoms with E-state index in [1.165, 1.54) is 4.90 Å². The Labute approximate surface area is 210 Å². The molecule has 0 aromatic heterocycles. The van der Waals surface area contributed by atoms with E-state index in [0.717, 1.165) is 11.1 Å². The summed E-state index contributed by atoms with van der Waals surface area (Å²) in [7, 11) is 0. The molecule has 3 aromatic carbocycles. The monoisotopic (exact) mass is 498 g/mol. The highest BCUT2D eigenvalue weighted by Crippen LogP contribution is 2.27. The third-order valence-electron chi connectivity index (χ3n) is 5.40. The molecular weight excluding hydrogens is 471 g/mol. The van der Waals surface area contributed by atoms with E-state index >= 15 is 0 Å². The van der Waals surface area contributed by atoms with Gasteiger partial charge in [0, 0.05) is 35.1 Å². The predicted octanol–water partition coefficient (Wildman–Crippen LogP) is 5.46. The summed E-state index contributed by atoms with van der Waals surface area (Å²) in [5.41, 5.74) is 2.60. The Kier molecular flexibility index (Phi) is 9.37. The topological polar surface area (TPSA) is 58.6 Å². The summed E-state index contributed by atoms with van der Waals surface area (Å²) in [5.74, 6) is -0.0192. The van der Waals surface area contributed by atoms with Crippen molar-refractivity contribution >= 4 is 35.0 Å². The van der Waals surface area contributed by atoms with Gasteiger partial charge in [-0.05, 0) is 43.7 Å². The van der Waals surface area contributed by atoms with Crippen molar-refractivity contribution in [1.29, 1.82) is 0 Å². The number of nitrogens with zero attached hydrogens (tertiary/aromatic N) is 1. The van der Waals surface area contributed by atoms with Crippen molar-refractivity contribution in [3.05, 3.63) is 99.5 Å². The molecule has 7 heteroatoms. The van der Waals surface area contributed by atoms with Crippen LogP contribution in [-0.2, 0) is 22.6 Å². The van der Waals surface area contributed by atoms with E-state index in [1.54, 1.807) is 18.2 Å². The summed E-state index contributed by atoms with van der Waals surface area (Å²) in [4.78, 5) is 28.1. The van der Waals surface area contributed by atoms with E-state index < -0.39 is 6.04 Å². The van der Waals surface area contributed by atoms with Crippen molar-refractivity contribution < 1.29 is 14.3 Å². The third kappa shape index (κ3) is 6.99. The van der Waals surface area contributed by atoms with Crippen LogP contribution in [0.5, 0.6) is 5.75 Å². The number of carbonyl (C=O) groups is 2. The molecule has 0 radical (unpaired) electrons. The molecule has 0 aliphatic carbocycles. The number of carbonyl (C=O) groups excluding carboxylic acids is 2. The molecule has 3 rings (SSSR count). The molecule has 0 aliphatic heterocycles. The highest BCUT2D eigenvalue weighted by atomic mass is 35.5. The maximum Gasteiger partial charge on any atom is 0.261 e. The fraction of sp³-hybridized carbons (Fsp3) is 0.259. The maximum atomic E-state index is 13.5. The van der Waals surface area contributed by atoms with Crippen LogP contribution in [0, 0.1) is 6.92 Å². The average Bonchev–Trinajstić information content (AvgIpc) is 2.83. The fourth-order valence-electron chi connectivity index (χ4n) is 3.56. The molecule has 0 unspecified atom stereocenters. The number of benzene rings is 3. The molecule has 34 heavy (non-hydrogen) atoms. The van der Waals surface area contributed by atoms with E-state index in [-0.39, 0.29) is 25.0 Å². The Bertz CT molecular complexity index is 1080. The molecular formula is C27H28Cl2N2O3. The molecule has 0 saturated carbocycles. The number of aryl methyl sites for hydroxylation is 1. The number of rotatable bonds is 10. The lowest BCUT2D eigenvalue weighted by molar-refractivity contribution is -0.142. The SMILES string of the molecule is CCNC(=O)[C@H](Cc1ccccc1)N(Cc1c(Cl)cccc1Cl)C(=O)COc1ccc(C)cc1. The van der Waals surface area contributed by atoms with Crippen LogP contribution in [0.4, 0.5) is 0 Å². The average molecular weight is 499 g/mol. The van der Waals surface area contributed by atoms with Crippen molar-refractivity contribution in [3.8, 4) is 5.75 Å². The van der Waals surface area contributed by atoms with Gasteiger partial charge in [-0.1, -0.05) is 77.3 Å². The van der Waals surface area contributed by atoms with Crippen LogP contribution in [0.1, 0.15) is 23.6 Å². The minimum atomic E-state index is -0.774. The lowest BCUT2D eigenvalue weighted by atomic mass is 10.0. The number of nitrogens with one attached hydrogen (secondary N) is 1. The number of halogens is 2. The Hall–Kier alpha value is -3.02. The van der Waals surface area contributed by atoms with Crippen LogP contribution in [0.25, 0.3) is 0 Å². The summed E-state index contributed by atoms with van der Waals surface area (Å²) in [6, 6.07) is 21.4. The van der Waals surface area contributed by atoms with E-state index in [1.807, 2.05) is 68.4 Å². The van der Waals surface area contributed by atoms with Crippen molar-refractivity contribution in [1.82, 2.24) is 10.2 Å². The zero-order chi connectivity index (χ0) is 24.5. The molecule has 178 valence electrons. The van der Waals surface area contributed by atoms with Gasteiger partial charge in [0.15, 0.2) is 6.61 Å². The molecule has 0 saturated heterocycles. The summed E-state index contributed by atoms with van der Waals surface area (Å²) in [5, 5.41) is 3.72. The molecule has 3 aromatic rings. The highest BCUT2D eigenvalue weighted by molar-refractivity contribution is 6.36. The summed E-state index contributed by atoms with van der Waals surface area (Å²) >= 11 is 12.8. The second-order valence-electron chi connectivity index (χ2n) is 7.92. The van der Waals surface area contributed by atoms with Gasteiger partial charge < -0.3 is 15.0 Å². The lowest BCUT2D eigenvalue weighted by Gasteiger charge is -2.32. The number of hydrogen-bond acceptors (Lipinski definition) is 3. The van der Waals surface area contributed by atoms with Crippen LogP contribution in [-0.4, -0.2) is 35.9 Å². The van der Waals surface area contributed by atoms with E-state index in [9.17, 15) is 9.59 Å². The molecule has 1 atom stereocenters. The molecule has 2 amide bonds. The van der Waals surface area contributed by atoms with Gasteiger partial charge in [0.1, 0.15) is 11.8 Å². The first-order valence-corrected chi connectivity index (χ1v) is 11.9. The predicted molar refractivity (Wildman–Crippen MR) is 136 cm³/mol. The van der Waals surface area contributed by atoms with Crippen molar-refractivity contribution in [2.24, 2.45) is 0 Å². The van der Waals surface area contributed by atoms with Crippen LogP contribution in [0.2, 0.25) is 10.0 Å². The minimum Gasteiger partial charge on any atom is -0.484 e. The zero-order valence-electron chi connectivity index (χ0n) is 19.3. The smallest absolute Gasteiger partial charge is 0.261 e. The van der Waals surface area contributed by atoms with Crippen LogP contribution < -0.4 is 10.1 Å². The van der Waals surface area contributed by atoms with Crippen LogP contribution in [0.3, 0.4) is 0 Å². The Morgan fingerprint density at radius 2 is 1.59 bits per heavy atom. The number of ether oxygens (including phenoxy) is 1. The van der Waals surface area contributed by atoms with Gasteiger partial charge in [-0.2, -0.15) is 0 Å². The first kappa shape index (κ1) is 25.6. The van der Waals surface area contributed by atoms with E-state index in [0.29, 0.717) is 34.3 Å². The van der Waals surface area contributed by atoms with E-state index in [4.69, 9.17) is 27.9 Å². The maximum absolute atomic E-state index is 13.5. The Morgan fingerprint density at radius 3 is 2.21 bits per heavy atom. The van der Waals surface area contributed by atoms with Crippen molar-refractivity contribution in [2.45, 2.75) is 32.9 Å². The number of amides is 2. The van der Waals surface area contributed by atoms with Crippen LogP contribution >= 0.6 is 23.2 Å². The molecule has 0 spiro atoms. The fourth-order valence-corrected chi connectivity index (χ4v) is 4.08. The van der Waals surface area contributed by atoms with Crippen molar-refractivity contribution in [2.75, 3.05) is 13.2 Å². The molecule has 0 bridgehead atoms. The minimum absolute atomic E-state index is 0.0727. The van der Waals surface area contributed by atoms with Gasteiger partial charge in [0.2, 0.25) is 5.91 Å². The second-order valence-corrected chi connectivity index (χ2v) is 8.74. The number of likely N-dealkylation sites (N-methyl/N-ethyl adjacent to an activating group) is 1. The standard InChI is InChI=1S/C27H28Cl2N2O3/c1-3-30-27(33)25(16-20-8-5-4-6-9-20)31(17-22-23(28)10-7-11-24(22)29)26(32)18-34-21-14-12-19(2)13-15-21/h4-15,25H,3,16-18H2,1-2H3,(H,30,33)/t25-/m0/s1. The van der Waals surface area contributed by atoms with Gasteiger partial charge in [-0.15, -0.1) is 0 Å². The summed E-state index contributed by atoms with van der Waals surface area (Å²) in [6.45, 7) is 4.11. The highest BCUT2D eigenvalue weighted by Gasteiger charge is 2.31. The molecule has 1 N–H and O–H groups in total. The number of hydrogen-bond donors (Lipinski definition) is 1. The van der Waals surface area contributed by atoms with Gasteiger partial charge >= 0.3 is 0 Å². The summed E-state index contributed by atoms with van der Waals surface area (Å²) < 4.78 is 5.75. The summed E-state index contributed by atoms with van der Waals surface area (Å²) in [6.07, 6.45) is 0.338. The largest absolute Gasteiger partial charge is 0.484 e. The normalized spacial score (nSPS) is 11.5. The second kappa shape index (κ2) is 12.4. The molecule has 0 heterocycles. The molecule has 0 fully saturated rings.